The summed E-state index contributed by atoms with van der Waals surface area (Å²) in [5.74, 6) is 0.332. The van der Waals surface area contributed by atoms with Gasteiger partial charge < -0.3 is 14.6 Å². The first-order valence-electron chi connectivity index (χ1n) is 16.0. The Balaban J connectivity index is 3.36. The first-order chi connectivity index (χ1) is 18.0. The maximum atomic E-state index is 11.8. The molecule has 1 unspecified atom stereocenters. The van der Waals surface area contributed by atoms with Gasteiger partial charge in [-0.1, -0.05) is 143 Å². The van der Waals surface area contributed by atoms with Crippen LogP contribution in [0.4, 0.5) is 0 Å². The fourth-order valence-corrected chi connectivity index (χ4v) is 4.53. The Morgan fingerprint density at radius 2 is 0.919 bits per heavy atom. The van der Waals surface area contributed by atoms with Crippen molar-refractivity contribution in [3.63, 3.8) is 0 Å². The molecule has 0 aromatic heterocycles. The van der Waals surface area contributed by atoms with Crippen LogP contribution in [-0.2, 0) is 19.1 Å². The van der Waals surface area contributed by atoms with Crippen LogP contribution in [0.5, 0.6) is 0 Å². The fraction of sp³-hybridized carbons (Fsp3) is 0.938. The monoisotopic (exact) mass is 526 g/mol. The van der Waals surface area contributed by atoms with Crippen molar-refractivity contribution in [1.82, 2.24) is 0 Å². The summed E-state index contributed by atoms with van der Waals surface area (Å²) >= 11 is 0. The highest BCUT2D eigenvalue weighted by molar-refractivity contribution is 5.69. The van der Waals surface area contributed by atoms with E-state index < -0.39 is 6.10 Å². The normalized spacial score (nSPS) is 12.9. The molecule has 0 aliphatic carbocycles. The van der Waals surface area contributed by atoms with Crippen LogP contribution in [-0.4, -0.2) is 36.4 Å². The summed E-state index contributed by atoms with van der Waals surface area (Å²) in [5, 5.41) is 9.86. The van der Waals surface area contributed by atoms with Gasteiger partial charge in [0.25, 0.3) is 0 Å². The number of unbranched alkanes of at least 4 members (excludes halogenated alkanes) is 17. The van der Waals surface area contributed by atoms with Gasteiger partial charge in [-0.3, -0.25) is 9.59 Å². The van der Waals surface area contributed by atoms with Crippen molar-refractivity contribution in [3.05, 3.63) is 0 Å². The largest absolute Gasteiger partial charge is 0.463 e. The van der Waals surface area contributed by atoms with Crippen LogP contribution < -0.4 is 0 Å². The van der Waals surface area contributed by atoms with Gasteiger partial charge in [0.05, 0.1) is 0 Å². The Morgan fingerprint density at radius 3 is 1.30 bits per heavy atom. The molecule has 0 saturated heterocycles. The van der Waals surface area contributed by atoms with Gasteiger partial charge in [0.2, 0.25) is 0 Å². The van der Waals surface area contributed by atoms with Crippen LogP contribution in [0.15, 0.2) is 0 Å². The lowest BCUT2D eigenvalue weighted by Gasteiger charge is -2.12. The lowest BCUT2D eigenvalue weighted by Crippen LogP contribution is -2.25. The minimum Gasteiger partial charge on any atom is -0.463 e. The lowest BCUT2D eigenvalue weighted by molar-refractivity contribution is -0.152. The van der Waals surface area contributed by atoms with Crippen LogP contribution in [0.2, 0.25) is 0 Å². The quantitative estimate of drug-likeness (QED) is 0.0813. The zero-order valence-corrected chi connectivity index (χ0v) is 24.9. The number of carbonyl (C=O) groups excluding carboxylic acids is 2. The minimum absolute atomic E-state index is 0.110. The van der Waals surface area contributed by atoms with Gasteiger partial charge in [0.15, 0.2) is 0 Å². The number of aliphatic hydroxyl groups excluding tert-OH is 1. The van der Waals surface area contributed by atoms with Crippen LogP contribution in [0.1, 0.15) is 168 Å². The summed E-state index contributed by atoms with van der Waals surface area (Å²) in [6, 6.07) is 0. The second-order valence-corrected chi connectivity index (χ2v) is 11.2. The molecule has 0 aromatic rings. The van der Waals surface area contributed by atoms with E-state index in [1.165, 1.54) is 103 Å². The highest BCUT2D eigenvalue weighted by Crippen LogP contribution is 2.16. The fourth-order valence-electron chi connectivity index (χ4n) is 4.53. The van der Waals surface area contributed by atoms with E-state index in [1.807, 2.05) is 0 Å². The van der Waals surface area contributed by atoms with Crippen molar-refractivity contribution in [1.29, 1.82) is 0 Å². The van der Waals surface area contributed by atoms with Crippen LogP contribution in [0.3, 0.4) is 0 Å². The molecule has 0 bridgehead atoms. The molecular weight excluding hydrogens is 464 g/mol. The van der Waals surface area contributed by atoms with Crippen molar-refractivity contribution in [2.45, 2.75) is 175 Å². The van der Waals surface area contributed by atoms with Crippen LogP contribution in [0, 0.1) is 5.92 Å². The molecule has 1 N–H and O–H groups in total. The van der Waals surface area contributed by atoms with E-state index in [2.05, 4.69) is 20.8 Å². The standard InChI is InChI=1S/C32H62O5/c1-4-6-7-18-22-25-31(34)36-27-30(33)28-37-32(35)26-23-20-17-15-13-11-9-8-10-12-14-16-19-21-24-29(3)5-2/h29-30,33H,4-28H2,1-3H3/t29?,30-/m0/s1. The van der Waals surface area contributed by atoms with Gasteiger partial charge in [-0.25, -0.2) is 0 Å². The van der Waals surface area contributed by atoms with Crippen LogP contribution >= 0.6 is 0 Å². The van der Waals surface area contributed by atoms with Gasteiger partial charge in [-0.2, -0.15) is 0 Å². The Morgan fingerprint density at radius 1 is 0.568 bits per heavy atom. The second-order valence-electron chi connectivity index (χ2n) is 11.2. The molecular formula is C32H62O5. The molecule has 0 aliphatic heterocycles. The summed E-state index contributed by atoms with van der Waals surface area (Å²) in [5.41, 5.74) is 0. The number of aliphatic hydroxyl groups is 1. The first kappa shape index (κ1) is 35.9. The van der Waals surface area contributed by atoms with E-state index in [9.17, 15) is 14.7 Å². The average molecular weight is 527 g/mol. The van der Waals surface area contributed by atoms with E-state index >= 15 is 0 Å². The highest BCUT2D eigenvalue weighted by Gasteiger charge is 2.12. The number of hydrogen-bond donors (Lipinski definition) is 1. The van der Waals surface area contributed by atoms with E-state index in [1.54, 1.807) is 0 Å². The Kier molecular flexibility index (Phi) is 27.1. The predicted octanol–water partition coefficient (Wildman–Crippen LogP) is 9.08. The molecule has 0 fully saturated rings. The lowest BCUT2D eigenvalue weighted by atomic mass is 9.99. The van der Waals surface area contributed by atoms with Crippen molar-refractivity contribution in [2.24, 2.45) is 5.92 Å². The smallest absolute Gasteiger partial charge is 0.305 e. The van der Waals surface area contributed by atoms with Gasteiger partial charge in [0, 0.05) is 12.8 Å². The predicted molar refractivity (Wildman–Crippen MR) is 155 cm³/mol. The topological polar surface area (TPSA) is 72.8 Å². The number of esters is 2. The maximum absolute atomic E-state index is 11.8. The van der Waals surface area contributed by atoms with Crippen molar-refractivity contribution < 1.29 is 24.2 Å². The molecule has 5 heteroatoms. The first-order valence-corrected chi connectivity index (χ1v) is 16.0. The molecule has 0 spiro atoms. The molecule has 0 rings (SSSR count). The molecule has 0 heterocycles. The third-order valence-electron chi connectivity index (χ3n) is 7.38. The highest BCUT2D eigenvalue weighted by atomic mass is 16.6. The molecule has 0 amide bonds. The third kappa shape index (κ3) is 27.7. The molecule has 220 valence electrons. The zero-order chi connectivity index (χ0) is 27.4. The van der Waals surface area contributed by atoms with Crippen LogP contribution in [0.25, 0.3) is 0 Å². The van der Waals surface area contributed by atoms with Gasteiger partial charge in [-0.05, 0) is 18.8 Å². The average Bonchev–Trinajstić information content (AvgIpc) is 2.90. The number of hydrogen-bond acceptors (Lipinski definition) is 5. The maximum Gasteiger partial charge on any atom is 0.305 e. The zero-order valence-electron chi connectivity index (χ0n) is 24.9. The summed E-state index contributed by atoms with van der Waals surface area (Å²) < 4.78 is 10.2. The minimum atomic E-state index is -0.951. The third-order valence-corrected chi connectivity index (χ3v) is 7.38. The number of ether oxygens (including phenoxy) is 2. The van der Waals surface area contributed by atoms with Crippen molar-refractivity contribution >= 4 is 11.9 Å². The SMILES string of the molecule is CCCCCCCC(=O)OC[C@H](O)COC(=O)CCCCCCCCCCCCCCCCC(C)CC. The molecule has 0 saturated carbocycles. The molecule has 0 radical (unpaired) electrons. The van der Waals surface area contributed by atoms with Gasteiger partial charge in [-0.15, -0.1) is 0 Å². The van der Waals surface area contributed by atoms with Gasteiger partial charge in [0.1, 0.15) is 19.3 Å². The molecule has 5 nitrogen and oxygen atoms in total. The second kappa shape index (κ2) is 27.9. The molecule has 37 heavy (non-hydrogen) atoms. The van der Waals surface area contributed by atoms with E-state index in [0.717, 1.165) is 38.0 Å². The summed E-state index contributed by atoms with van der Waals surface area (Å²) in [7, 11) is 0. The molecule has 0 aliphatic rings. The van der Waals surface area contributed by atoms with Crippen molar-refractivity contribution in [3.8, 4) is 0 Å². The van der Waals surface area contributed by atoms with E-state index in [4.69, 9.17) is 9.47 Å². The number of rotatable bonds is 28. The Bertz CT molecular complexity index is 507. The summed E-state index contributed by atoms with van der Waals surface area (Å²) in [4.78, 5) is 23.5. The van der Waals surface area contributed by atoms with Gasteiger partial charge >= 0.3 is 11.9 Å². The number of carbonyl (C=O) groups is 2. The Hall–Kier alpha value is -1.10. The Labute approximate surface area is 229 Å². The summed E-state index contributed by atoms with van der Waals surface area (Å²) in [6.07, 6.45) is 26.0. The molecule has 2 atom stereocenters. The molecule has 0 aromatic carbocycles. The van der Waals surface area contributed by atoms with Crippen molar-refractivity contribution in [2.75, 3.05) is 13.2 Å². The van der Waals surface area contributed by atoms with E-state index in [-0.39, 0.29) is 25.2 Å². The van der Waals surface area contributed by atoms with E-state index in [0.29, 0.717) is 12.8 Å². The summed E-state index contributed by atoms with van der Waals surface area (Å²) in [6.45, 7) is 6.60.